The minimum atomic E-state index is -0.258. The number of fused-ring (bicyclic) bond motifs is 4. The van der Waals surface area contributed by atoms with E-state index in [0.717, 1.165) is 30.0 Å². The highest BCUT2D eigenvalue weighted by atomic mass is 16.5. The molecule has 4 atom stereocenters. The van der Waals surface area contributed by atoms with Crippen LogP contribution >= 0.6 is 0 Å². The van der Waals surface area contributed by atoms with Crippen molar-refractivity contribution < 1.29 is 9.53 Å². The van der Waals surface area contributed by atoms with E-state index in [1.54, 1.807) is 4.90 Å². The third-order valence-electron chi connectivity index (χ3n) is 9.40. The average Bonchev–Trinajstić information content (AvgIpc) is 3.47. The predicted molar refractivity (Wildman–Crippen MR) is 158 cm³/mol. The van der Waals surface area contributed by atoms with Gasteiger partial charge in [0.15, 0.2) is 5.82 Å². The second-order valence-corrected chi connectivity index (χ2v) is 11.9. The van der Waals surface area contributed by atoms with Crippen molar-refractivity contribution in [3.05, 3.63) is 65.7 Å². The molecule has 1 aromatic carbocycles. The van der Waals surface area contributed by atoms with Crippen molar-refractivity contribution in [1.29, 1.82) is 0 Å². The first-order valence-electron chi connectivity index (χ1n) is 14.7. The van der Waals surface area contributed by atoms with E-state index in [1.165, 1.54) is 42.0 Å². The van der Waals surface area contributed by atoms with Crippen molar-refractivity contribution in [3.63, 3.8) is 0 Å². The molecule has 2 aliphatic heterocycles. The Bertz CT molecular complexity index is 1570. The molecule has 2 unspecified atom stereocenters. The van der Waals surface area contributed by atoms with E-state index in [2.05, 4.69) is 52.5 Å². The van der Waals surface area contributed by atoms with E-state index in [-0.39, 0.29) is 18.5 Å². The standard InChI is InChI=1S/C32H35N7O2/c1-4-28(40)39-12-11-38(18-24(39)17-33-2)31-30-27(35-32(36-31)41-19-23-8-6-10-37(23)3)15-22(16-34-30)25-9-5-7-20-13-21-14-26(21)29(20)25/h4-5,7,9,15-16,21,23-24,26H,1,6,8,10-14,17-19H2,3H3/t21?,23-,24-,26?/m0/s1. The molecule has 2 saturated heterocycles. The van der Waals surface area contributed by atoms with E-state index in [1.807, 2.05) is 6.20 Å². The van der Waals surface area contributed by atoms with Gasteiger partial charge >= 0.3 is 6.01 Å². The summed E-state index contributed by atoms with van der Waals surface area (Å²) in [5.74, 6) is 2.02. The molecule has 9 nitrogen and oxygen atoms in total. The van der Waals surface area contributed by atoms with Crippen LogP contribution in [0.1, 0.15) is 36.3 Å². The number of pyridine rings is 1. The summed E-state index contributed by atoms with van der Waals surface area (Å²) in [6.07, 6.45) is 8.01. The van der Waals surface area contributed by atoms with Crippen molar-refractivity contribution in [2.75, 3.05) is 51.3 Å². The second-order valence-electron chi connectivity index (χ2n) is 11.9. The highest BCUT2D eigenvalue weighted by Gasteiger charge is 2.46. The number of hydrogen-bond donors (Lipinski definition) is 0. The van der Waals surface area contributed by atoms with E-state index in [0.29, 0.717) is 55.5 Å². The van der Waals surface area contributed by atoms with Gasteiger partial charge < -0.3 is 24.3 Å². The molecule has 210 valence electrons. The van der Waals surface area contributed by atoms with Crippen LogP contribution in [-0.4, -0.2) is 89.1 Å². The Morgan fingerprint density at radius 3 is 2.95 bits per heavy atom. The maximum atomic E-state index is 12.5. The van der Waals surface area contributed by atoms with Crippen LogP contribution in [0.4, 0.5) is 5.82 Å². The summed E-state index contributed by atoms with van der Waals surface area (Å²) < 4.78 is 6.25. The molecule has 41 heavy (non-hydrogen) atoms. The lowest BCUT2D eigenvalue weighted by molar-refractivity contribution is -0.128. The molecular weight excluding hydrogens is 514 g/mol. The van der Waals surface area contributed by atoms with E-state index < -0.39 is 0 Å². The number of likely N-dealkylation sites (N-methyl/N-ethyl adjacent to an activating group) is 1. The lowest BCUT2D eigenvalue weighted by atomic mass is 9.95. The summed E-state index contributed by atoms with van der Waals surface area (Å²) in [7, 11) is 2.13. The second kappa shape index (κ2) is 10.4. The molecular formula is C32H35N7O2. The Labute approximate surface area is 240 Å². The summed E-state index contributed by atoms with van der Waals surface area (Å²) in [4.78, 5) is 37.0. The third-order valence-corrected chi connectivity index (χ3v) is 9.40. The number of anilines is 1. The fourth-order valence-electron chi connectivity index (χ4n) is 7.08. The van der Waals surface area contributed by atoms with Crippen molar-refractivity contribution in [2.45, 2.75) is 43.7 Å². The van der Waals surface area contributed by atoms with Crippen LogP contribution in [0.2, 0.25) is 0 Å². The Morgan fingerprint density at radius 2 is 2.15 bits per heavy atom. The van der Waals surface area contributed by atoms with Gasteiger partial charge in [0, 0.05) is 37.4 Å². The molecule has 9 heteroatoms. The molecule has 1 amide bonds. The SMILES string of the molecule is [C-]#[N+]C[C@H]1CN(c2nc(OC[C@@H]3CCCN3C)nc3cc(-c4cccc5c4C4CC4C5)cnc23)CCN1C(=O)C=C. The lowest BCUT2D eigenvalue weighted by Gasteiger charge is -2.39. The number of benzene rings is 1. The molecule has 0 bridgehead atoms. The van der Waals surface area contributed by atoms with E-state index in [4.69, 9.17) is 26.3 Å². The number of ether oxygens (including phenoxy) is 1. The largest absolute Gasteiger partial charge is 0.462 e. The van der Waals surface area contributed by atoms with Gasteiger partial charge in [-0.05, 0) is 79.9 Å². The number of hydrogen-bond acceptors (Lipinski definition) is 7. The normalized spacial score (nSPS) is 25.1. The number of amides is 1. The highest BCUT2D eigenvalue weighted by Crippen LogP contribution is 2.58. The van der Waals surface area contributed by atoms with Gasteiger partial charge in [0.05, 0.1) is 5.52 Å². The zero-order valence-corrected chi connectivity index (χ0v) is 23.5. The summed E-state index contributed by atoms with van der Waals surface area (Å²) in [6.45, 7) is 14.5. The maximum Gasteiger partial charge on any atom is 0.319 e. The Balaban J connectivity index is 1.26. The zero-order chi connectivity index (χ0) is 28.1. The molecule has 4 aliphatic rings. The van der Waals surface area contributed by atoms with E-state index >= 15 is 0 Å². The molecule has 1 saturated carbocycles. The smallest absolute Gasteiger partial charge is 0.319 e. The van der Waals surface area contributed by atoms with Crippen LogP contribution in [0.3, 0.4) is 0 Å². The molecule has 0 N–H and O–H groups in total. The highest BCUT2D eigenvalue weighted by molar-refractivity contribution is 5.90. The number of aromatic nitrogens is 3. The molecule has 0 spiro atoms. The molecule has 0 radical (unpaired) electrons. The van der Waals surface area contributed by atoms with Gasteiger partial charge in [-0.25, -0.2) is 6.57 Å². The van der Waals surface area contributed by atoms with Crippen LogP contribution in [-0.2, 0) is 11.2 Å². The zero-order valence-electron chi connectivity index (χ0n) is 23.5. The molecule has 3 fully saturated rings. The van der Waals surface area contributed by atoms with Gasteiger partial charge in [0.2, 0.25) is 12.5 Å². The maximum absolute atomic E-state index is 12.5. The predicted octanol–water partition coefficient (Wildman–Crippen LogP) is 3.95. The van der Waals surface area contributed by atoms with Crippen molar-refractivity contribution >= 4 is 22.8 Å². The fourth-order valence-corrected chi connectivity index (χ4v) is 7.08. The first-order chi connectivity index (χ1) is 20.0. The number of carbonyl (C=O) groups is 1. The quantitative estimate of drug-likeness (QED) is 0.326. The summed E-state index contributed by atoms with van der Waals surface area (Å²) in [5, 5.41) is 0. The fraction of sp³-hybridized carbons (Fsp3) is 0.469. The Hall–Kier alpha value is -4.03. The number of likely N-dealkylation sites (tertiary alicyclic amines) is 1. The van der Waals surface area contributed by atoms with Crippen LogP contribution in [0.25, 0.3) is 27.0 Å². The summed E-state index contributed by atoms with van der Waals surface area (Å²) in [5.41, 5.74) is 6.73. The molecule has 3 aromatic rings. The van der Waals surface area contributed by atoms with Gasteiger partial charge in [-0.15, -0.1) is 0 Å². The van der Waals surface area contributed by atoms with Crippen LogP contribution in [0.5, 0.6) is 6.01 Å². The van der Waals surface area contributed by atoms with Crippen molar-refractivity contribution in [1.82, 2.24) is 24.8 Å². The van der Waals surface area contributed by atoms with Crippen LogP contribution in [0, 0.1) is 12.5 Å². The monoisotopic (exact) mass is 549 g/mol. The number of nitrogens with zero attached hydrogens (tertiary/aromatic N) is 7. The molecule has 2 aromatic heterocycles. The van der Waals surface area contributed by atoms with Gasteiger partial charge in [-0.1, -0.05) is 24.8 Å². The first-order valence-corrected chi connectivity index (χ1v) is 14.7. The molecule has 2 aliphatic carbocycles. The first kappa shape index (κ1) is 25.9. The minimum absolute atomic E-state index is 0.147. The number of piperazine rings is 1. The van der Waals surface area contributed by atoms with Crippen LogP contribution in [0.15, 0.2) is 43.1 Å². The third kappa shape index (κ3) is 4.70. The van der Waals surface area contributed by atoms with Gasteiger partial charge in [-0.2, -0.15) is 9.97 Å². The molecule has 4 heterocycles. The number of carbonyl (C=O) groups excluding carboxylic acids is 1. The molecule has 7 rings (SSSR count). The van der Waals surface area contributed by atoms with E-state index in [9.17, 15) is 4.79 Å². The van der Waals surface area contributed by atoms with Gasteiger partial charge in [-0.3, -0.25) is 9.78 Å². The summed E-state index contributed by atoms with van der Waals surface area (Å²) in [6, 6.07) is 9.19. The van der Waals surface area contributed by atoms with Crippen molar-refractivity contribution in [2.24, 2.45) is 5.92 Å². The van der Waals surface area contributed by atoms with Crippen LogP contribution < -0.4 is 9.64 Å². The van der Waals surface area contributed by atoms with Gasteiger partial charge in [0.25, 0.3) is 0 Å². The van der Waals surface area contributed by atoms with Crippen molar-refractivity contribution in [3.8, 4) is 17.1 Å². The average molecular weight is 550 g/mol. The topological polar surface area (TPSA) is 79.1 Å². The lowest BCUT2D eigenvalue weighted by Crippen LogP contribution is -2.56. The summed E-state index contributed by atoms with van der Waals surface area (Å²) >= 11 is 0. The Kier molecular flexibility index (Phi) is 6.58. The minimum Gasteiger partial charge on any atom is -0.462 e. The van der Waals surface area contributed by atoms with Gasteiger partial charge in [0.1, 0.15) is 18.2 Å². The Morgan fingerprint density at radius 1 is 1.24 bits per heavy atom. The number of rotatable bonds is 7.